The van der Waals surface area contributed by atoms with E-state index < -0.39 is 7.19 Å². The lowest BCUT2D eigenvalue weighted by atomic mass is 10.5. The zero-order chi connectivity index (χ0) is 11.4. The van der Waals surface area contributed by atoms with E-state index in [1.165, 1.54) is 25.5 Å². The van der Waals surface area contributed by atoms with Crippen molar-refractivity contribution in [1.82, 2.24) is 4.31 Å². The molecule has 0 fully saturated rings. The summed E-state index contributed by atoms with van der Waals surface area (Å²) in [5.41, 5.74) is 0. The van der Waals surface area contributed by atoms with Crippen LogP contribution in [0.3, 0.4) is 0 Å². The molecule has 0 aliphatic rings. The molecule has 0 unspecified atom stereocenters. The second-order valence-corrected chi connectivity index (χ2v) is 9.32. The maximum absolute atomic E-state index is 11.3. The van der Waals surface area contributed by atoms with Gasteiger partial charge in [-0.1, -0.05) is 22.6 Å². The van der Waals surface area contributed by atoms with Crippen LogP contribution < -0.4 is 0 Å². The maximum atomic E-state index is 11.3. The second kappa shape index (κ2) is 7.21. The quantitative estimate of drug-likeness (QED) is 0.156. The number of hydrogen-bond acceptors (Lipinski definition) is 3. The highest BCUT2D eigenvalue weighted by Gasteiger charge is 2.20. The molecule has 0 spiro atoms. The van der Waals surface area contributed by atoms with Crippen molar-refractivity contribution in [2.75, 3.05) is 4.55 Å². The number of nitrogens with zero attached hydrogens (tertiary/aromatic N) is 1. The number of alkyl halides is 1. The molecule has 0 bridgehead atoms. The molecule has 0 aliphatic carbocycles. The van der Waals surface area contributed by atoms with Gasteiger partial charge in [-0.2, -0.15) is 8.42 Å². The van der Waals surface area contributed by atoms with Crippen molar-refractivity contribution >= 4 is 95.8 Å². The van der Waals surface area contributed by atoms with Crippen molar-refractivity contribution in [1.29, 1.82) is 0 Å². The number of allylic oxidation sites excluding steroid dienone is 1. The SMILES string of the molecule is O=CC/C(I)=C(/Br)N(CI)S(=O)(=O)I. The summed E-state index contributed by atoms with van der Waals surface area (Å²) in [4.78, 5) is 10.2. The Balaban J connectivity index is 5.06. The third kappa shape index (κ3) is 5.25. The maximum Gasteiger partial charge on any atom is 0.289 e. The third-order valence-corrected chi connectivity index (χ3v) is 7.32. The molecule has 0 saturated carbocycles. The summed E-state index contributed by atoms with van der Waals surface area (Å²) in [6.07, 6.45) is 0.939. The molecule has 0 radical (unpaired) electrons. The summed E-state index contributed by atoms with van der Waals surface area (Å²) in [7, 11) is -3.31. The minimum atomic E-state index is -3.31. The highest BCUT2D eigenvalue weighted by molar-refractivity contribution is 14.2. The predicted molar refractivity (Wildman–Crippen MR) is 84.3 cm³/mol. The lowest BCUT2D eigenvalue weighted by Gasteiger charge is -2.18. The first-order valence-electron chi connectivity index (χ1n) is 3.10. The van der Waals surface area contributed by atoms with Gasteiger partial charge in [-0.25, -0.2) is 4.31 Å². The van der Waals surface area contributed by atoms with E-state index in [0.717, 1.165) is 6.29 Å². The lowest BCUT2D eigenvalue weighted by molar-refractivity contribution is -0.107. The van der Waals surface area contributed by atoms with Gasteiger partial charge in [-0.15, -0.1) is 0 Å². The van der Waals surface area contributed by atoms with Gasteiger partial charge in [0.15, 0.2) is 0 Å². The lowest BCUT2D eigenvalue weighted by Crippen LogP contribution is -2.22. The van der Waals surface area contributed by atoms with Gasteiger partial charge in [-0.05, 0) is 38.5 Å². The van der Waals surface area contributed by atoms with E-state index in [9.17, 15) is 13.2 Å². The minimum absolute atomic E-state index is 0.209. The van der Waals surface area contributed by atoms with Crippen LogP contribution in [0.25, 0.3) is 0 Å². The van der Waals surface area contributed by atoms with Crippen LogP contribution in [-0.2, 0) is 12.0 Å². The molecule has 0 saturated heterocycles. The first-order chi connectivity index (χ1) is 6.34. The number of aldehydes is 1. The molecular weight excluding hydrogens is 615 g/mol. The van der Waals surface area contributed by atoms with Gasteiger partial charge in [0.1, 0.15) is 10.9 Å². The van der Waals surface area contributed by atoms with E-state index in [2.05, 4.69) is 15.9 Å². The molecule has 0 N–H and O–H groups in total. The summed E-state index contributed by atoms with van der Waals surface area (Å²) in [6, 6.07) is 0. The van der Waals surface area contributed by atoms with Gasteiger partial charge in [0, 0.05) is 10.0 Å². The van der Waals surface area contributed by atoms with E-state index in [0.29, 0.717) is 12.7 Å². The first kappa shape index (κ1) is 15.8. The highest BCUT2D eigenvalue weighted by Crippen LogP contribution is 2.29. The fraction of sp³-hybridized carbons (Fsp3) is 0.400. The molecule has 0 heterocycles. The van der Waals surface area contributed by atoms with Gasteiger partial charge in [0.2, 0.25) is 0 Å². The van der Waals surface area contributed by atoms with Gasteiger partial charge in [-0.3, -0.25) is 0 Å². The Kier molecular flexibility index (Phi) is 8.16. The Morgan fingerprint density at radius 1 is 1.50 bits per heavy atom. The summed E-state index contributed by atoms with van der Waals surface area (Å²) in [5, 5.41) is 0. The highest BCUT2D eigenvalue weighted by atomic mass is 127. The van der Waals surface area contributed by atoms with Crippen molar-refractivity contribution in [2.45, 2.75) is 6.42 Å². The molecule has 82 valence electrons. The van der Waals surface area contributed by atoms with E-state index in [-0.39, 0.29) is 6.42 Å². The molecule has 14 heavy (non-hydrogen) atoms. The number of hydrogen-bond donors (Lipinski definition) is 0. The van der Waals surface area contributed by atoms with Crippen LogP contribution in [0.1, 0.15) is 6.42 Å². The van der Waals surface area contributed by atoms with Gasteiger partial charge in [0.05, 0.1) is 25.8 Å². The molecule has 0 aromatic heterocycles. The molecule has 4 nitrogen and oxygen atoms in total. The van der Waals surface area contributed by atoms with Crippen molar-refractivity contribution < 1.29 is 13.2 Å². The molecule has 9 heteroatoms. The van der Waals surface area contributed by atoms with Crippen LogP contribution in [0, 0.1) is 0 Å². The summed E-state index contributed by atoms with van der Waals surface area (Å²) >= 11 is 8.38. The van der Waals surface area contributed by atoms with E-state index in [1.54, 1.807) is 0 Å². The third-order valence-electron chi connectivity index (χ3n) is 1.08. The molecule has 0 aliphatic heterocycles. The first-order valence-corrected chi connectivity index (χ1v) is 10.5. The van der Waals surface area contributed by atoms with Crippen molar-refractivity contribution in [3.63, 3.8) is 0 Å². The molecule has 0 aromatic carbocycles. The Morgan fingerprint density at radius 3 is 2.29 bits per heavy atom. The summed E-state index contributed by atoms with van der Waals surface area (Å²) in [5.74, 6) is 0. The van der Waals surface area contributed by atoms with Crippen LogP contribution in [-0.4, -0.2) is 23.6 Å². The average molecular weight is 620 g/mol. The number of carbonyl (C=O) groups excluding carboxylic acids is 1. The van der Waals surface area contributed by atoms with Crippen LogP contribution in [0.2, 0.25) is 0 Å². The summed E-state index contributed by atoms with van der Waals surface area (Å²) in [6.45, 7) is 0. The van der Waals surface area contributed by atoms with Crippen molar-refractivity contribution in [2.24, 2.45) is 0 Å². The van der Waals surface area contributed by atoms with Gasteiger partial charge in [0.25, 0.3) is 7.19 Å². The van der Waals surface area contributed by atoms with Crippen LogP contribution in [0.15, 0.2) is 8.19 Å². The van der Waals surface area contributed by atoms with Crippen LogP contribution in [0.4, 0.5) is 0 Å². The molecule has 0 aromatic rings. The van der Waals surface area contributed by atoms with Gasteiger partial charge >= 0.3 is 0 Å². The normalized spacial score (nSPS) is 13.4. The minimum Gasteiger partial charge on any atom is -0.303 e. The number of rotatable bonds is 5. The monoisotopic (exact) mass is 619 g/mol. The van der Waals surface area contributed by atoms with Crippen molar-refractivity contribution in [3.05, 3.63) is 8.19 Å². The molecular formula is C5H5BrI3NO3S. The Morgan fingerprint density at radius 2 is 2.00 bits per heavy atom. The predicted octanol–water partition coefficient (Wildman–Crippen LogP) is 2.95. The Labute approximate surface area is 130 Å². The zero-order valence-corrected chi connectivity index (χ0v) is 15.5. The second-order valence-electron chi connectivity index (χ2n) is 1.98. The average Bonchev–Trinajstić information content (AvgIpc) is 2.03. The number of halogens is 4. The molecule has 0 atom stereocenters. The summed E-state index contributed by atoms with van der Waals surface area (Å²) < 4.78 is 25.1. The van der Waals surface area contributed by atoms with Gasteiger partial charge < -0.3 is 4.79 Å². The fourth-order valence-corrected chi connectivity index (χ4v) is 7.74. The van der Waals surface area contributed by atoms with E-state index in [1.807, 2.05) is 45.2 Å². The zero-order valence-electron chi connectivity index (χ0n) is 6.58. The smallest absolute Gasteiger partial charge is 0.289 e. The Hall–Kier alpha value is 1.83. The molecule has 0 amide bonds. The fourth-order valence-electron chi connectivity index (χ4n) is 0.499. The Bertz CT molecular complexity index is 342. The standard InChI is InChI=1S/C5H5BrI3NO3S/c6-5(4(8)1-2-11)10(3-7)14(9,12)13/h2H,1,3H2/b5-4+. The largest absolute Gasteiger partial charge is 0.303 e. The topological polar surface area (TPSA) is 54.5 Å². The van der Waals surface area contributed by atoms with Crippen LogP contribution >= 0.6 is 82.3 Å². The van der Waals surface area contributed by atoms with Crippen molar-refractivity contribution in [3.8, 4) is 0 Å². The molecule has 0 rings (SSSR count). The number of carbonyl (C=O) groups is 1. The van der Waals surface area contributed by atoms with E-state index >= 15 is 0 Å². The van der Waals surface area contributed by atoms with E-state index in [4.69, 9.17) is 0 Å². The van der Waals surface area contributed by atoms with Crippen LogP contribution in [0.5, 0.6) is 0 Å².